The van der Waals surface area contributed by atoms with Crippen molar-refractivity contribution in [3.8, 4) is 0 Å². The number of carbonyl (C=O) groups is 1. The van der Waals surface area contributed by atoms with Crippen LogP contribution in [-0.4, -0.2) is 11.1 Å². The zero-order valence-corrected chi connectivity index (χ0v) is 9.59. The molecular formula is C12H17NO2. The summed E-state index contributed by atoms with van der Waals surface area (Å²) in [5.41, 5.74) is 8.21. The van der Waals surface area contributed by atoms with Gasteiger partial charge in [0.1, 0.15) is 0 Å². The van der Waals surface area contributed by atoms with E-state index in [1.165, 1.54) is 0 Å². The first-order valence-electron chi connectivity index (χ1n) is 4.88. The van der Waals surface area contributed by atoms with Crippen molar-refractivity contribution >= 4 is 11.7 Å². The lowest BCUT2D eigenvalue weighted by Gasteiger charge is -2.24. The van der Waals surface area contributed by atoms with Gasteiger partial charge in [-0.1, -0.05) is 26.8 Å². The van der Waals surface area contributed by atoms with E-state index in [2.05, 4.69) is 0 Å². The van der Waals surface area contributed by atoms with Crippen LogP contribution in [0.25, 0.3) is 0 Å². The van der Waals surface area contributed by atoms with Crippen LogP contribution in [0, 0.1) is 6.92 Å². The Balaban J connectivity index is 3.57. The number of hydrogen-bond acceptors (Lipinski definition) is 2. The molecule has 0 radical (unpaired) electrons. The summed E-state index contributed by atoms with van der Waals surface area (Å²) in [7, 11) is 0. The molecule has 3 nitrogen and oxygen atoms in total. The minimum Gasteiger partial charge on any atom is -0.478 e. The quantitative estimate of drug-likeness (QED) is 0.696. The Labute approximate surface area is 89.9 Å². The molecular weight excluding hydrogens is 190 g/mol. The van der Waals surface area contributed by atoms with Crippen LogP contribution in [0.1, 0.15) is 42.3 Å². The zero-order chi connectivity index (χ0) is 11.8. The van der Waals surface area contributed by atoms with E-state index < -0.39 is 5.97 Å². The van der Waals surface area contributed by atoms with E-state index >= 15 is 0 Å². The molecule has 3 N–H and O–H groups in total. The topological polar surface area (TPSA) is 63.3 Å². The lowest BCUT2D eigenvalue weighted by Crippen LogP contribution is -2.20. The van der Waals surface area contributed by atoms with E-state index in [9.17, 15) is 4.79 Å². The highest BCUT2D eigenvalue weighted by molar-refractivity contribution is 5.92. The summed E-state index contributed by atoms with van der Waals surface area (Å²) in [4.78, 5) is 11.1. The molecule has 82 valence electrons. The molecule has 0 aliphatic heterocycles. The van der Waals surface area contributed by atoms with Crippen molar-refractivity contribution in [3.63, 3.8) is 0 Å². The van der Waals surface area contributed by atoms with Crippen LogP contribution in [0.3, 0.4) is 0 Å². The third-order valence-electron chi connectivity index (χ3n) is 2.44. The van der Waals surface area contributed by atoms with E-state index in [0.717, 1.165) is 11.1 Å². The normalized spacial score (nSPS) is 11.5. The van der Waals surface area contributed by atoms with Crippen LogP contribution in [0.4, 0.5) is 5.69 Å². The second-order valence-corrected chi connectivity index (χ2v) is 4.77. The van der Waals surface area contributed by atoms with Crippen LogP contribution in [0.5, 0.6) is 0 Å². The standard InChI is InChI=1S/C12H17NO2/c1-7-5-6-8(11(14)15)9(10(7)13)12(2,3)4/h5-6H,13H2,1-4H3,(H,14,15). The van der Waals surface area contributed by atoms with Gasteiger partial charge in [0.25, 0.3) is 0 Å². The van der Waals surface area contributed by atoms with Gasteiger partial charge in [0.15, 0.2) is 0 Å². The fourth-order valence-electron chi connectivity index (χ4n) is 1.71. The number of carboxylic acids is 1. The predicted molar refractivity (Wildman–Crippen MR) is 61.3 cm³/mol. The molecule has 0 bridgehead atoms. The Bertz CT molecular complexity index is 403. The first-order chi connectivity index (χ1) is 6.75. The van der Waals surface area contributed by atoms with Crippen LogP contribution >= 0.6 is 0 Å². The molecule has 0 saturated carbocycles. The maximum absolute atomic E-state index is 11.1. The molecule has 0 unspecified atom stereocenters. The Morgan fingerprint density at radius 2 is 1.87 bits per heavy atom. The number of anilines is 1. The van der Waals surface area contributed by atoms with Gasteiger partial charge in [-0.25, -0.2) is 4.79 Å². The van der Waals surface area contributed by atoms with Gasteiger partial charge >= 0.3 is 5.97 Å². The number of rotatable bonds is 1. The van der Waals surface area contributed by atoms with Gasteiger partial charge in [-0.3, -0.25) is 0 Å². The first kappa shape index (κ1) is 11.6. The van der Waals surface area contributed by atoms with Crippen LogP contribution in [0.2, 0.25) is 0 Å². The van der Waals surface area contributed by atoms with Crippen LogP contribution in [0.15, 0.2) is 12.1 Å². The largest absolute Gasteiger partial charge is 0.478 e. The molecule has 0 amide bonds. The fraction of sp³-hybridized carbons (Fsp3) is 0.417. The molecule has 3 heteroatoms. The van der Waals surface area contributed by atoms with Crippen molar-refractivity contribution in [1.29, 1.82) is 0 Å². The molecule has 0 spiro atoms. The summed E-state index contributed by atoms with van der Waals surface area (Å²) in [6, 6.07) is 3.36. The summed E-state index contributed by atoms with van der Waals surface area (Å²) in [6.45, 7) is 7.77. The monoisotopic (exact) mass is 207 g/mol. The predicted octanol–water partition coefficient (Wildman–Crippen LogP) is 2.57. The van der Waals surface area contributed by atoms with Gasteiger partial charge in [0.05, 0.1) is 5.56 Å². The second kappa shape index (κ2) is 3.57. The number of aryl methyl sites for hydroxylation is 1. The van der Waals surface area contributed by atoms with E-state index in [1.54, 1.807) is 12.1 Å². The smallest absolute Gasteiger partial charge is 0.336 e. The Kier molecular flexibility index (Phi) is 2.75. The Hall–Kier alpha value is -1.51. The highest BCUT2D eigenvalue weighted by Gasteiger charge is 2.24. The summed E-state index contributed by atoms with van der Waals surface area (Å²) in [5.74, 6) is -0.924. The van der Waals surface area contributed by atoms with Crippen molar-refractivity contribution in [1.82, 2.24) is 0 Å². The average molecular weight is 207 g/mol. The number of hydrogen-bond donors (Lipinski definition) is 2. The lowest BCUT2D eigenvalue weighted by molar-refractivity contribution is 0.0694. The average Bonchev–Trinajstić information content (AvgIpc) is 2.06. The lowest BCUT2D eigenvalue weighted by atomic mass is 9.81. The SMILES string of the molecule is Cc1ccc(C(=O)O)c(C(C)(C)C)c1N. The number of nitrogen functional groups attached to an aromatic ring is 1. The molecule has 15 heavy (non-hydrogen) atoms. The third kappa shape index (κ3) is 2.12. The van der Waals surface area contributed by atoms with Crippen LogP contribution < -0.4 is 5.73 Å². The van der Waals surface area contributed by atoms with E-state index in [0.29, 0.717) is 11.3 Å². The minimum atomic E-state index is -0.924. The van der Waals surface area contributed by atoms with Crippen molar-refractivity contribution in [2.24, 2.45) is 0 Å². The van der Waals surface area contributed by atoms with Crippen molar-refractivity contribution in [2.75, 3.05) is 5.73 Å². The van der Waals surface area contributed by atoms with Crippen molar-refractivity contribution < 1.29 is 9.90 Å². The van der Waals surface area contributed by atoms with Crippen molar-refractivity contribution in [3.05, 3.63) is 28.8 Å². The fourth-order valence-corrected chi connectivity index (χ4v) is 1.71. The Morgan fingerprint density at radius 1 is 1.33 bits per heavy atom. The molecule has 0 aliphatic carbocycles. The number of nitrogens with two attached hydrogens (primary N) is 1. The van der Waals surface area contributed by atoms with Crippen molar-refractivity contribution in [2.45, 2.75) is 33.1 Å². The first-order valence-corrected chi connectivity index (χ1v) is 4.88. The number of carboxylic acid groups (broad SMARTS) is 1. The van der Waals surface area contributed by atoms with E-state index in [-0.39, 0.29) is 5.41 Å². The highest BCUT2D eigenvalue weighted by Crippen LogP contribution is 2.33. The van der Waals surface area contributed by atoms with Gasteiger partial charge in [-0.2, -0.15) is 0 Å². The molecule has 0 aromatic heterocycles. The highest BCUT2D eigenvalue weighted by atomic mass is 16.4. The van der Waals surface area contributed by atoms with Gasteiger partial charge in [-0.05, 0) is 29.5 Å². The maximum atomic E-state index is 11.1. The maximum Gasteiger partial charge on any atom is 0.336 e. The van der Waals surface area contributed by atoms with E-state index in [1.807, 2.05) is 27.7 Å². The van der Waals surface area contributed by atoms with Gasteiger partial charge < -0.3 is 10.8 Å². The summed E-state index contributed by atoms with van der Waals surface area (Å²) < 4.78 is 0. The molecule has 0 atom stereocenters. The number of aromatic carboxylic acids is 1. The minimum absolute atomic E-state index is 0.260. The van der Waals surface area contributed by atoms with Gasteiger partial charge in [0.2, 0.25) is 0 Å². The summed E-state index contributed by atoms with van der Waals surface area (Å²) in [6.07, 6.45) is 0. The third-order valence-corrected chi connectivity index (χ3v) is 2.44. The molecule has 0 heterocycles. The van der Waals surface area contributed by atoms with Gasteiger partial charge in [0, 0.05) is 5.69 Å². The summed E-state index contributed by atoms with van der Waals surface area (Å²) in [5, 5.41) is 9.09. The number of benzene rings is 1. The molecule has 1 aromatic rings. The molecule has 1 aromatic carbocycles. The molecule has 0 fully saturated rings. The zero-order valence-electron chi connectivity index (χ0n) is 9.59. The molecule has 0 aliphatic rings. The summed E-state index contributed by atoms with van der Waals surface area (Å²) >= 11 is 0. The van der Waals surface area contributed by atoms with Crippen LogP contribution in [-0.2, 0) is 5.41 Å². The second-order valence-electron chi connectivity index (χ2n) is 4.77. The van der Waals surface area contributed by atoms with E-state index in [4.69, 9.17) is 10.8 Å². The Morgan fingerprint density at radius 3 is 2.27 bits per heavy atom. The molecule has 0 saturated heterocycles. The van der Waals surface area contributed by atoms with Gasteiger partial charge in [-0.15, -0.1) is 0 Å². The molecule has 1 rings (SSSR count).